The third-order valence-corrected chi connectivity index (χ3v) is 3.13. The molecule has 0 bridgehead atoms. The Hall–Kier alpha value is -0.863. The van der Waals surface area contributed by atoms with Crippen molar-refractivity contribution in [2.45, 2.75) is 33.2 Å². The zero-order chi connectivity index (χ0) is 11.5. The normalized spacial score (nSPS) is 11.5. The van der Waals surface area contributed by atoms with Crippen LogP contribution in [0, 0.1) is 0 Å². The highest BCUT2D eigenvalue weighted by Gasteiger charge is 2.13. The number of hydrogen-bond acceptors (Lipinski definition) is 1. The molecule has 0 radical (unpaired) electrons. The third kappa shape index (κ3) is 4.45. The Kier molecular flexibility index (Phi) is 3.88. The fraction of sp³-hybridized carbons (Fsp3) is 0.385. The van der Waals surface area contributed by atoms with Crippen molar-refractivity contribution in [1.82, 2.24) is 0 Å². The lowest BCUT2D eigenvalue weighted by Crippen LogP contribution is -2.24. The first kappa shape index (κ1) is 12.2. The zero-order valence-electron chi connectivity index (χ0n) is 10.1. The Morgan fingerprint density at radius 1 is 1.20 bits per heavy atom. The summed E-state index contributed by atoms with van der Waals surface area (Å²) in [5.74, 6) is 0. The molecule has 1 nitrogen and oxygen atoms in total. The lowest BCUT2D eigenvalue weighted by Gasteiger charge is -2.17. The van der Waals surface area contributed by atoms with Gasteiger partial charge in [-0.25, -0.2) is 0 Å². The van der Waals surface area contributed by atoms with Gasteiger partial charge in [-0.15, -0.1) is 0 Å². The molecule has 0 spiro atoms. The van der Waals surface area contributed by atoms with Gasteiger partial charge in [-0.1, -0.05) is 36.4 Å². The summed E-state index contributed by atoms with van der Waals surface area (Å²) in [6.07, 6.45) is 0. The van der Waals surface area contributed by atoms with Gasteiger partial charge in [0.05, 0.1) is 6.61 Å². The molecule has 2 heteroatoms. The van der Waals surface area contributed by atoms with E-state index in [1.807, 2.05) is 6.92 Å². The number of allylic oxidation sites excluding steroid dienone is 1. The molecule has 0 saturated heterocycles. The second-order valence-electron chi connectivity index (χ2n) is 4.88. The van der Waals surface area contributed by atoms with Gasteiger partial charge in [0.15, 0.2) is 8.32 Å². The van der Waals surface area contributed by atoms with E-state index in [9.17, 15) is 0 Å². The van der Waals surface area contributed by atoms with Gasteiger partial charge in [-0.3, -0.25) is 0 Å². The van der Waals surface area contributed by atoms with Gasteiger partial charge in [0, 0.05) is 0 Å². The fourth-order valence-electron chi connectivity index (χ4n) is 1.19. The van der Waals surface area contributed by atoms with Crippen LogP contribution in [0.1, 0.15) is 18.1 Å². The summed E-state index contributed by atoms with van der Waals surface area (Å²) in [5, 5.41) is 0. The maximum Gasteiger partial charge on any atom is 0.184 e. The minimum Gasteiger partial charge on any atom is -0.413 e. The minimum atomic E-state index is -1.39. The summed E-state index contributed by atoms with van der Waals surface area (Å²) in [5.41, 5.74) is 3.54. The van der Waals surface area contributed by atoms with Crippen LogP contribution in [0.25, 0.3) is 5.57 Å². The van der Waals surface area contributed by atoms with E-state index in [2.05, 4.69) is 50.5 Å². The monoisotopic (exact) mass is 220 g/mol. The predicted octanol–water partition coefficient (Wildman–Crippen LogP) is 4.07. The van der Waals surface area contributed by atoms with Crippen molar-refractivity contribution in [3.8, 4) is 0 Å². The molecule has 0 saturated carbocycles. The molecule has 1 aromatic carbocycles. The van der Waals surface area contributed by atoms with Crippen molar-refractivity contribution in [1.29, 1.82) is 0 Å². The molecule has 82 valence electrons. The average Bonchev–Trinajstić information content (AvgIpc) is 2.14. The molecule has 0 heterocycles. The first-order chi connectivity index (χ1) is 6.88. The molecule has 0 unspecified atom stereocenters. The highest BCUT2D eigenvalue weighted by atomic mass is 28.4. The molecular weight excluding hydrogens is 200 g/mol. The van der Waals surface area contributed by atoms with Crippen LogP contribution in [0.2, 0.25) is 19.6 Å². The largest absolute Gasteiger partial charge is 0.413 e. The zero-order valence-corrected chi connectivity index (χ0v) is 11.1. The second-order valence-corrected chi connectivity index (χ2v) is 9.39. The number of rotatable bonds is 4. The number of benzene rings is 1. The lowest BCUT2D eigenvalue weighted by atomic mass is 10.1. The van der Waals surface area contributed by atoms with Crippen LogP contribution >= 0.6 is 0 Å². The molecule has 0 amide bonds. The van der Waals surface area contributed by atoms with Crippen LogP contribution in [0.3, 0.4) is 0 Å². The van der Waals surface area contributed by atoms with E-state index in [1.165, 1.54) is 11.1 Å². The van der Waals surface area contributed by atoms with Crippen LogP contribution in [0.5, 0.6) is 0 Å². The van der Waals surface area contributed by atoms with Gasteiger partial charge in [0.1, 0.15) is 0 Å². The maximum atomic E-state index is 5.83. The molecule has 1 aromatic rings. The topological polar surface area (TPSA) is 9.23 Å². The van der Waals surface area contributed by atoms with E-state index in [1.54, 1.807) is 0 Å². The second kappa shape index (κ2) is 4.77. The third-order valence-electron chi connectivity index (χ3n) is 2.12. The van der Waals surface area contributed by atoms with E-state index in [-0.39, 0.29) is 0 Å². The van der Waals surface area contributed by atoms with Crippen molar-refractivity contribution in [3.63, 3.8) is 0 Å². The van der Waals surface area contributed by atoms with Crippen LogP contribution in [-0.4, -0.2) is 8.32 Å². The fourth-order valence-corrected chi connectivity index (χ4v) is 1.79. The summed E-state index contributed by atoms with van der Waals surface area (Å²) in [6.45, 7) is 13.3. The Bertz CT molecular complexity index is 333. The van der Waals surface area contributed by atoms with Crippen LogP contribution in [-0.2, 0) is 11.0 Å². The van der Waals surface area contributed by atoms with Crippen molar-refractivity contribution < 1.29 is 4.43 Å². The molecule has 0 atom stereocenters. The molecule has 0 N–H and O–H groups in total. The van der Waals surface area contributed by atoms with E-state index in [0.29, 0.717) is 0 Å². The van der Waals surface area contributed by atoms with Crippen molar-refractivity contribution >= 4 is 13.9 Å². The summed E-state index contributed by atoms with van der Waals surface area (Å²) < 4.78 is 5.83. The highest BCUT2D eigenvalue weighted by Crippen LogP contribution is 2.14. The standard InChI is InChI=1S/C13H20OSi/c1-11(2)13-8-6-12(7-9-13)10-14-15(3,4)5/h6-9H,1,10H2,2-5H3. The quantitative estimate of drug-likeness (QED) is 0.695. The van der Waals surface area contributed by atoms with Gasteiger partial charge in [0.2, 0.25) is 0 Å². The average molecular weight is 220 g/mol. The summed E-state index contributed by atoms with van der Waals surface area (Å²) in [6, 6.07) is 8.44. The molecular formula is C13H20OSi. The summed E-state index contributed by atoms with van der Waals surface area (Å²) in [7, 11) is -1.39. The van der Waals surface area contributed by atoms with E-state index in [0.717, 1.165) is 12.2 Å². The SMILES string of the molecule is C=C(C)c1ccc(CO[Si](C)(C)C)cc1. The van der Waals surface area contributed by atoms with Crippen molar-refractivity contribution in [2.75, 3.05) is 0 Å². The number of hydrogen-bond donors (Lipinski definition) is 0. The van der Waals surface area contributed by atoms with Crippen LogP contribution in [0.15, 0.2) is 30.8 Å². The van der Waals surface area contributed by atoms with Crippen molar-refractivity contribution in [3.05, 3.63) is 42.0 Å². The van der Waals surface area contributed by atoms with E-state index in [4.69, 9.17) is 4.43 Å². The molecule has 0 aliphatic heterocycles. The van der Waals surface area contributed by atoms with Crippen molar-refractivity contribution in [2.24, 2.45) is 0 Å². The van der Waals surface area contributed by atoms with Gasteiger partial charge in [-0.05, 0) is 37.7 Å². The smallest absolute Gasteiger partial charge is 0.184 e. The summed E-state index contributed by atoms with van der Waals surface area (Å²) in [4.78, 5) is 0. The van der Waals surface area contributed by atoms with Gasteiger partial charge < -0.3 is 4.43 Å². The Morgan fingerprint density at radius 3 is 2.13 bits per heavy atom. The molecule has 0 aromatic heterocycles. The first-order valence-electron chi connectivity index (χ1n) is 5.27. The predicted molar refractivity (Wildman–Crippen MR) is 69.3 cm³/mol. The van der Waals surface area contributed by atoms with Crippen LogP contribution < -0.4 is 0 Å². The first-order valence-corrected chi connectivity index (χ1v) is 8.68. The van der Waals surface area contributed by atoms with Gasteiger partial charge in [0.25, 0.3) is 0 Å². The van der Waals surface area contributed by atoms with E-state index >= 15 is 0 Å². The minimum absolute atomic E-state index is 0.728. The van der Waals surface area contributed by atoms with Gasteiger partial charge >= 0.3 is 0 Å². The molecule has 15 heavy (non-hydrogen) atoms. The molecule has 0 fully saturated rings. The molecule has 1 rings (SSSR count). The highest BCUT2D eigenvalue weighted by molar-refractivity contribution is 6.69. The molecule has 0 aliphatic carbocycles. The Labute approximate surface area is 93.9 Å². The lowest BCUT2D eigenvalue weighted by molar-refractivity contribution is 0.299. The molecule has 0 aliphatic rings. The van der Waals surface area contributed by atoms with E-state index < -0.39 is 8.32 Å². The maximum absolute atomic E-state index is 5.83. The Balaban J connectivity index is 2.61. The van der Waals surface area contributed by atoms with Gasteiger partial charge in [-0.2, -0.15) is 0 Å². The van der Waals surface area contributed by atoms with Crippen LogP contribution in [0.4, 0.5) is 0 Å². The Morgan fingerprint density at radius 2 is 1.73 bits per heavy atom. The summed E-state index contributed by atoms with van der Waals surface area (Å²) >= 11 is 0.